The highest BCUT2D eigenvalue weighted by atomic mass is 16.5. The van der Waals surface area contributed by atoms with Crippen LogP contribution in [0.2, 0.25) is 0 Å². The molecule has 4 N–H and O–H groups in total. The van der Waals surface area contributed by atoms with Crippen LogP contribution in [0.5, 0.6) is 0 Å². The van der Waals surface area contributed by atoms with E-state index in [2.05, 4.69) is 10.1 Å². The Hall–Kier alpha value is -0.850. The van der Waals surface area contributed by atoms with Gasteiger partial charge >= 0.3 is 0 Å². The van der Waals surface area contributed by atoms with Gasteiger partial charge in [-0.15, -0.1) is 0 Å². The summed E-state index contributed by atoms with van der Waals surface area (Å²) < 4.78 is 5.35. The Bertz CT molecular complexity index is 295. The number of hydrogen-bond donors (Lipinski definition) is 3. The Morgan fingerprint density at radius 1 is 1.47 bits per heavy atom. The van der Waals surface area contributed by atoms with E-state index in [1.165, 1.54) is 0 Å². The molecule has 112 valence electrons. The molecule has 1 aliphatic heterocycles. The van der Waals surface area contributed by atoms with Gasteiger partial charge in [0.15, 0.2) is 0 Å². The van der Waals surface area contributed by atoms with Crippen LogP contribution >= 0.6 is 0 Å². The average molecular weight is 273 g/mol. The van der Waals surface area contributed by atoms with Crippen LogP contribution in [-0.2, 0) is 4.74 Å². The molecule has 1 heterocycles. The lowest BCUT2D eigenvalue weighted by Crippen LogP contribution is -2.47. The largest absolute Gasteiger partial charge is 0.409 e. The first kappa shape index (κ1) is 16.2. The molecular weight excluding hydrogens is 246 g/mol. The topological polar surface area (TPSA) is 91.3 Å². The third-order valence-corrected chi connectivity index (χ3v) is 3.86. The predicted octanol–water partition coefficient (Wildman–Crippen LogP) is 0.622. The van der Waals surface area contributed by atoms with E-state index >= 15 is 0 Å². The molecule has 19 heavy (non-hydrogen) atoms. The normalized spacial score (nSPS) is 22.7. The van der Waals surface area contributed by atoms with Gasteiger partial charge in [-0.25, -0.2) is 0 Å². The number of aliphatic hydroxyl groups is 1. The number of rotatable bonds is 7. The number of ether oxygens (including phenoxy) is 1. The minimum Gasteiger partial charge on any atom is -0.409 e. The van der Waals surface area contributed by atoms with Crippen molar-refractivity contribution in [1.29, 1.82) is 0 Å². The molecule has 0 aromatic carbocycles. The van der Waals surface area contributed by atoms with E-state index in [0.717, 1.165) is 39.0 Å². The summed E-state index contributed by atoms with van der Waals surface area (Å²) in [4.78, 5) is 2.28. The van der Waals surface area contributed by atoms with Gasteiger partial charge in [0, 0.05) is 12.0 Å². The number of hydrogen-bond acceptors (Lipinski definition) is 5. The second-order valence-corrected chi connectivity index (χ2v) is 5.77. The minimum absolute atomic E-state index is 0.130. The van der Waals surface area contributed by atoms with Gasteiger partial charge in [0.2, 0.25) is 0 Å². The summed E-state index contributed by atoms with van der Waals surface area (Å²) in [6.45, 7) is 7.31. The van der Waals surface area contributed by atoms with Crippen LogP contribution in [-0.4, -0.2) is 60.0 Å². The number of aliphatic hydroxyl groups excluding tert-OH is 1. The molecule has 0 aromatic heterocycles. The van der Waals surface area contributed by atoms with Crippen molar-refractivity contribution >= 4 is 5.84 Å². The molecule has 1 saturated heterocycles. The highest BCUT2D eigenvalue weighted by Crippen LogP contribution is 2.23. The van der Waals surface area contributed by atoms with Crippen molar-refractivity contribution in [2.24, 2.45) is 16.3 Å². The molecule has 1 atom stereocenters. The summed E-state index contributed by atoms with van der Waals surface area (Å²) >= 11 is 0. The Balaban J connectivity index is 2.26. The number of nitrogens with zero attached hydrogens (tertiary/aromatic N) is 2. The molecule has 0 radical (unpaired) electrons. The van der Waals surface area contributed by atoms with E-state index in [1.54, 1.807) is 0 Å². The Morgan fingerprint density at radius 2 is 2.21 bits per heavy atom. The van der Waals surface area contributed by atoms with Gasteiger partial charge in [-0.1, -0.05) is 25.4 Å². The maximum Gasteiger partial charge on any atom is 0.144 e. The fourth-order valence-electron chi connectivity index (χ4n) is 2.30. The van der Waals surface area contributed by atoms with Gasteiger partial charge < -0.3 is 20.8 Å². The van der Waals surface area contributed by atoms with Crippen molar-refractivity contribution in [1.82, 2.24) is 4.90 Å². The molecule has 1 aliphatic rings. The number of amidine groups is 1. The number of oxime groups is 1. The van der Waals surface area contributed by atoms with Gasteiger partial charge in [-0.2, -0.15) is 0 Å². The van der Waals surface area contributed by atoms with Crippen molar-refractivity contribution in [2.45, 2.75) is 39.2 Å². The smallest absolute Gasteiger partial charge is 0.144 e. The van der Waals surface area contributed by atoms with Gasteiger partial charge in [0.25, 0.3) is 0 Å². The monoisotopic (exact) mass is 273 g/mol. The number of nitrogens with two attached hydrogens (primary N) is 1. The maximum absolute atomic E-state index is 9.27. The van der Waals surface area contributed by atoms with Gasteiger partial charge in [0.1, 0.15) is 5.84 Å². The molecule has 6 heteroatoms. The molecule has 0 amide bonds. The van der Waals surface area contributed by atoms with Gasteiger partial charge in [0.05, 0.1) is 25.9 Å². The number of unbranched alkanes of at least 4 members (excludes halogenated alkanes) is 1. The van der Waals surface area contributed by atoms with Crippen molar-refractivity contribution in [2.75, 3.05) is 32.9 Å². The first-order chi connectivity index (χ1) is 9.01. The summed E-state index contributed by atoms with van der Waals surface area (Å²) in [6.07, 6.45) is 2.94. The van der Waals surface area contributed by atoms with Crippen LogP contribution in [0.25, 0.3) is 0 Å². The van der Waals surface area contributed by atoms with Crippen molar-refractivity contribution in [3.8, 4) is 0 Å². The molecule has 0 aromatic rings. The molecule has 0 spiro atoms. The lowest BCUT2D eigenvalue weighted by molar-refractivity contribution is -0.0279. The second kappa shape index (κ2) is 7.67. The van der Waals surface area contributed by atoms with Crippen LogP contribution in [0.15, 0.2) is 5.16 Å². The molecule has 1 rings (SSSR count). The zero-order chi connectivity index (χ0) is 14.3. The summed E-state index contributed by atoms with van der Waals surface area (Å²) in [6, 6.07) is 0.130. The van der Waals surface area contributed by atoms with Crippen LogP contribution in [0, 0.1) is 5.41 Å². The number of morpholine rings is 1. The van der Waals surface area contributed by atoms with E-state index in [0.29, 0.717) is 6.61 Å². The van der Waals surface area contributed by atoms with Crippen LogP contribution in [0.3, 0.4) is 0 Å². The van der Waals surface area contributed by atoms with E-state index in [1.807, 2.05) is 13.8 Å². The first-order valence-electron chi connectivity index (χ1n) is 6.92. The van der Waals surface area contributed by atoms with E-state index in [-0.39, 0.29) is 23.9 Å². The zero-order valence-corrected chi connectivity index (χ0v) is 12.0. The summed E-state index contributed by atoms with van der Waals surface area (Å²) in [5.74, 6) is 0.284. The maximum atomic E-state index is 9.27. The molecule has 0 saturated carbocycles. The van der Waals surface area contributed by atoms with Gasteiger partial charge in [-0.05, 0) is 19.4 Å². The Labute approximate surface area is 115 Å². The second-order valence-electron chi connectivity index (χ2n) is 5.77. The Kier molecular flexibility index (Phi) is 6.54. The molecule has 6 nitrogen and oxygen atoms in total. The molecule has 0 aliphatic carbocycles. The molecule has 0 bridgehead atoms. The fourth-order valence-corrected chi connectivity index (χ4v) is 2.30. The van der Waals surface area contributed by atoms with Crippen LogP contribution in [0.1, 0.15) is 33.1 Å². The molecule has 1 unspecified atom stereocenters. The average Bonchev–Trinajstić information content (AvgIpc) is 2.43. The fraction of sp³-hybridized carbons (Fsp3) is 0.923. The Morgan fingerprint density at radius 3 is 2.84 bits per heavy atom. The summed E-state index contributed by atoms with van der Waals surface area (Å²) in [5, 5.41) is 21.1. The van der Waals surface area contributed by atoms with Crippen LogP contribution in [0.4, 0.5) is 0 Å². The van der Waals surface area contributed by atoms with Crippen molar-refractivity contribution < 1.29 is 15.1 Å². The highest BCUT2D eigenvalue weighted by Gasteiger charge is 2.24. The van der Waals surface area contributed by atoms with Gasteiger partial charge in [-0.3, -0.25) is 4.90 Å². The van der Waals surface area contributed by atoms with E-state index < -0.39 is 0 Å². The summed E-state index contributed by atoms with van der Waals surface area (Å²) in [5.41, 5.74) is 5.39. The minimum atomic E-state index is -0.268. The third-order valence-electron chi connectivity index (χ3n) is 3.86. The van der Waals surface area contributed by atoms with Crippen molar-refractivity contribution in [3.63, 3.8) is 0 Å². The molecule has 1 fully saturated rings. The standard InChI is InChI=1S/C13H27N3O3/c1-13(2,12(14)15-18)5-3-4-6-16-7-8-19-10-11(16)9-17/h11,17-18H,3-10H2,1-2H3,(H2,14,15). The first-order valence-corrected chi connectivity index (χ1v) is 6.92. The zero-order valence-electron chi connectivity index (χ0n) is 12.0. The van der Waals surface area contributed by atoms with E-state index in [4.69, 9.17) is 15.7 Å². The summed E-state index contributed by atoms with van der Waals surface area (Å²) in [7, 11) is 0. The third kappa shape index (κ3) is 4.97. The van der Waals surface area contributed by atoms with Crippen LogP contribution < -0.4 is 5.73 Å². The van der Waals surface area contributed by atoms with Crippen molar-refractivity contribution in [3.05, 3.63) is 0 Å². The molecular formula is C13H27N3O3. The lowest BCUT2D eigenvalue weighted by atomic mass is 9.86. The lowest BCUT2D eigenvalue weighted by Gasteiger charge is -2.34. The SMILES string of the molecule is CC(C)(CCCCN1CCOCC1CO)C(N)=NO. The predicted molar refractivity (Wildman–Crippen MR) is 74.3 cm³/mol. The highest BCUT2D eigenvalue weighted by molar-refractivity contribution is 5.85. The quantitative estimate of drug-likeness (QED) is 0.208. The van der Waals surface area contributed by atoms with E-state index in [9.17, 15) is 5.11 Å².